The Morgan fingerprint density at radius 3 is 2.62 bits per heavy atom. The molecule has 5 nitrogen and oxygen atoms in total. The fraction of sp³-hybridized carbons (Fsp3) is 0.600. The largest absolute Gasteiger partial charge is 0.381 e. The number of pyridine rings is 1. The van der Waals surface area contributed by atoms with Crippen molar-refractivity contribution in [2.75, 3.05) is 44.3 Å². The third-order valence-electron chi connectivity index (χ3n) is 4.27. The van der Waals surface area contributed by atoms with Crippen LogP contribution in [0.5, 0.6) is 0 Å². The molecule has 6 heteroatoms. The van der Waals surface area contributed by atoms with E-state index in [2.05, 4.69) is 36.8 Å². The molecule has 2 aliphatic rings. The topological polar surface area (TPSA) is 52.4 Å². The smallest absolute Gasteiger partial charge is 0.146 e. The van der Waals surface area contributed by atoms with Gasteiger partial charge < -0.3 is 9.64 Å². The Labute approximate surface area is 133 Å². The Balaban J connectivity index is 1.64. The molecule has 0 amide bonds. The second-order valence-corrected chi connectivity index (χ2v) is 6.42. The number of anilines is 1. The maximum Gasteiger partial charge on any atom is 0.146 e. The summed E-state index contributed by atoms with van der Waals surface area (Å²) < 4.78 is 6.29. The summed E-state index contributed by atoms with van der Waals surface area (Å²) >= 11 is 3.37. The minimum Gasteiger partial charge on any atom is -0.381 e. The molecule has 2 aliphatic heterocycles. The number of piperazine rings is 1. The van der Waals surface area contributed by atoms with E-state index in [1.54, 1.807) is 6.20 Å². The number of nitriles is 1. The van der Waals surface area contributed by atoms with Gasteiger partial charge >= 0.3 is 0 Å². The fourth-order valence-electron chi connectivity index (χ4n) is 3.12. The van der Waals surface area contributed by atoms with Gasteiger partial charge in [0, 0.05) is 56.1 Å². The first-order valence-corrected chi connectivity index (χ1v) is 8.19. The SMILES string of the molecule is N#Cc1cc(Br)cnc1N1CCN(C2CCOCC2)CC1. The van der Waals surface area contributed by atoms with Gasteiger partial charge in [-0.3, -0.25) is 4.90 Å². The minimum atomic E-state index is 0.642. The highest BCUT2D eigenvalue weighted by molar-refractivity contribution is 9.10. The lowest BCUT2D eigenvalue weighted by molar-refractivity contribution is 0.0321. The van der Waals surface area contributed by atoms with Crippen LogP contribution in [0.2, 0.25) is 0 Å². The Kier molecular flexibility index (Phi) is 4.73. The predicted octanol–water partition coefficient (Wildman–Crippen LogP) is 2.02. The average molecular weight is 351 g/mol. The minimum absolute atomic E-state index is 0.642. The molecular weight excluding hydrogens is 332 g/mol. The summed E-state index contributed by atoms with van der Waals surface area (Å²) in [6, 6.07) is 4.75. The van der Waals surface area contributed by atoms with Crippen LogP contribution >= 0.6 is 15.9 Å². The van der Waals surface area contributed by atoms with Crippen molar-refractivity contribution in [3.63, 3.8) is 0 Å². The number of hydrogen-bond donors (Lipinski definition) is 0. The zero-order valence-corrected chi connectivity index (χ0v) is 13.5. The van der Waals surface area contributed by atoms with E-state index >= 15 is 0 Å². The van der Waals surface area contributed by atoms with E-state index in [-0.39, 0.29) is 0 Å². The molecule has 0 radical (unpaired) electrons. The van der Waals surface area contributed by atoms with Crippen molar-refractivity contribution in [1.82, 2.24) is 9.88 Å². The van der Waals surface area contributed by atoms with E-state index in [0.29, 0.717) is 11.6 Å². The Morgan fingerprint density at radius 2 is 1.95 bits per heavy atom. The van der Waals surface area contributed by atoms with Crippen LogP contribution in [0.15, 0.2) is 16.7 Å². The predicted molar refractivity (Wildman–Crippen MR) is 84.3 cm³/mol. The van der Waals surface area contributed by atoms with Crippen molar-refractivity contribution in [2.45, 2.75) is 18.9 Å². The van der Waals surface area contributed by atoms with Gasteiger partial charge in [0.1, 0.15) is 11.9 Å². The monoisotopic (exact) mass is 350 g/mol. The standard InChI is InChI=1S/C15H19BrN4O/c16-13-9-12(10-17)15(18-11-13)20-5-3-19(4-6-20)14-1-7-21-8-2-14/h9,11,14H,1-8H2. The molecule has 3 heterocycles. The van der Waals surface area contributed by atoms with Crippen LogP contribution in [0.25, 0.3) is 0 Å². The van der Waals surface area contributed by atoms with Gasteiger partial charge in [0.15, 0.2) is 0 Å². The molecule has 0 aliphatic carbocycles. The van der Waals surface area contributed by atoms with Crippen molar-refractivity contribution in [3.8, 4) is 6.07 Å². The van der Waals surface area contributed by atoms with Crippen LogP contribution in [0.3, 0.4) is 0 Å². The third-order valence-corrected chi connectivity index (χ3v) is 4.71. The molecule has 21 heavy (non-hydrogen) atoms. The first kappa shape index (κ1) is 14.8. The van der Waals surface area contributed by atoms with Crippen LogP contribution in [-0.4, -0.2) is 55.3 Å². The molecule has 0 saturated carbocycles. The van der Waals surface area contributed by atoms with E-state index in [1.165, 1.54) is 0 Å². The molecule has 0 unspecified atom stereocenters. The van der Waals surface area contributed by atoms with E-state index in [0.717, 1.165) is 62.5 Å². The summed E-state index contributed by atoms with van der Waals surface area (Å²) in [5.74, 6) is 0.812. The molecule has 0 atom stereocenters. The Morgan fingerprint density at radius 1 is 1.24 bits per heavy atom. The highest BCUT2D eigenvalue weighted by atomic mass is 79.9. The van der Waals surface area contributed by atoms with Gasteiger partial charge in [0.2, 0.25) is 0 Å². The van der Waals surface area contributed by atoms with Crippen molar-refractivity contribution in [2.24, 2.45) is 0 Å². The van der Waals surface area contributed by atoms with Crippen LogP contribution in [0.4, 0.5) is 5.82 Å². The second-order valence-electron chi connectivity index (χ2n) is 5.50. The summed E-state index contributed by atoms with van der Waals surface area (Å²) in [7, 11) is 0. The third kappa shape index (κ3) is 3.37. The number of rotatable bonds is 2. The summed E-state index contributed by atoms with van der Waals surface area (Å²) in [6.45, 7) is 5.71. The average Bonchev–Trinajstić information content (AvgIpc) is 2.56. The van der Waals surface area contributed by atoms with Gasteiger partial charge in [0.25, 0.3) is 0 Å². The summed E-state index contributed by atoms with van der Waals surface area (Å²) in [4.78, 5) is 9.21. The lowest BCUT2D eigenvalue weighted by Crippen LogP contribution is -2.52. The van der Waals surface area contributed by atoms with Gasteiger partial charge in [-0.1, -0.05) is 0 Å². The van der Waals surface area contributed by atoms with Crippen molar-refractivity contribution >= 4 is 21.7 Å². The van der Waals surface area contributed by atoms with Gasteiger partial charge in [-0.05, 0) is 34.8 Å². The normalized spacial score (nSPS) is 21.2. The molecule has 1 aromatic rings. The van der Waals surface area contributed by atoms with Gasteiger partial charge in [-0.25, -0.2) is 4.98 Å². The number of halogens is 1. The molecule has 0 spiro atoms. The van der Waals surface area contributed by atoms with Crippen LogP contribution in [-0.2, 0) is 4.74 Å². The van der Waals surface area contributed by atoms with Crippen molar-refractivity contribution < 1.29 is 4.74 Å². The highest BCUT2D eigenvalue weighted by Crippen LogP contribution is 2.23. The fourth-order valence-corrected chi connectivity index (χ4v) is 3.45. The van der Waals surface area contributed by atoms with E-state index in [9.17, 15) is 5.26 Å². The molecule has 2 fully saturated rings. The van der Waals surface area contributed by atoms with Crippen LogP contribution in [0.1, 0.15) is 18.4 Å². The summed E-state index contributed by atoms with van der Waals surface area (Å²) in [5.41, 5.74) is 0.642. The van der Waals surface area contributed by atoms with Gasteiger partial charge in [-0.15, -0.1) is 0 Å². The molecule has 0 N–H and O–H groups in total. The first-order valence-electron chi connectivity index (χ1n) is 7.40. The summed E-state index contributed by atoms with van der Waals surface area (Å²) in [5, 5.41) is 9.27. The van der Waals surface area contributed by atoms with E-state index in [1.807, 2.05) is 6.07 Å². The molecule has 112 valence electrons. The quantitative estimate of drug-likeness (QED) is 0.816. The number of nitrogens with zero attached hydrogens (tertiary/aromatic N) is 4. The second kappa shape index (κ2) is 6.73. The number of hydrogen-bond acceptors (Lipinski definition) is 5. The number of aromatic nitrogens is 1. The molecule has 0 aromatic carbocycles. The zero-order valence-electron chi connectivity index (χ0n) is 12.0. The lowest BCUT2D eigenvalue weighted by atomic mass is 10.1. The maximum absolute atomic E-state index is 9.27. The van der Waals surface area contributed by atoms with Crippen molar-refractivity contribution in [1.29, 1.82) is 5.26 Å². The van der Waals surface area contributed by atoms with Crippen LogP contribution in [0, 0.1) is 11.3 Å². The first-order chi connectivity index (χ1) is 10.3. The molecular formula is C15H19BrN4O. The molecule has 2 saturated heterocycles. The number of ether oxygens (including phenoxy) is 1. The van der Waals surface area contributed by atoms with E-state index < -0.39 is 0 Å². The highest BCUT2D eigenvalue weighted by Gasteiger charge is 2.26. The van der Waals surface area contributed by atoms with Gasteiger partial charge in [-0.2, -0.15) is 5.26 Å². The zero-order chi connectivity index (χ0) is 14.7. The molecule has 0 bridgehead atoms. The lowest BCUT2D eigenvalue weighted by Gasteiger charge is -2.41. The van der Waals surface area contributed by atoms with Crippen LogP contribution < -0.4 is 4.90 Å². The van der Waals surface area contributed by atoms with Crippen molar-refractivity contribution in [3.05, 3.63) is 22.3 Å². The maximum atomic E-state index is 9.27. The molecule has 1 aromatic heterocycles. The Bertz CT molecular complexity index is 531. The molecule has 3 rings (SSSR count). The Hall–Kier alpha value is -1.16. The summed E-state index contributed by atoms with van der Waals surface area (Å²) in [6.07, 6.45) is 4.04. The van der Waals surface area contributed by atoms with E-state index in [4.69, 9.17) is 4.74 Å². The van der Waals surface area contributed by atoms with Gasteiger partial charge in [0.05, 0.1) is 5.56 Å².